The van der Waals surface area contributed by atoms with Crippen molar-refractivity contribution in [1.82, 2.24) is 15.0 Å². The molecule has 39 heavy (non-hydrogen) atoms. The highest BCUT2D eigenvalue weighted by molar-refractivity contribution is 6.07. The van der Waals surface area contributed by atoms with Crippen molar-refractivity contribution in [2.45, 2.75) is 52.7 Å². The molecule has 0 spiro atoms. The molecule has 1 aliphatic rings. The van der Waals surface area contributed by atoms with Crippen LogP contribution in [0.15, 0.2) is 46.6 Å². The summed E-state index contributed by atoms with van der Waals surface area (Å²) in [6, 6.07) is 6.41. The predicted octanol–water partition coefficient (Wildman–Crippen LogP) is 5.40. The highest BCUT2D eigenvalue weighted by atomic mass is 19.1. The van der Waals surface area contributed by atoms with Gasteiger partial charge in [-0.15, -0.1) is 0 Å². The summed E-state index contributed by atoms with van der Waals surface area (Å²) in [6.45, 7) is 7.18. The van der Waals surface area contributed by atoms with Crippen LogP contribution in [0, 0.1) is 11.9 Å². The van der Waals surface area contributed by atoms with Crippen LogP contribution in [0.25, 0.3) is 0 Å². The van der Waals surface area contributed by atoms with Crippen LogP contribution in [0.5, 0.6) is 5.75 Å². The maximum atomic E-state index is 14.3. The zero-order valence-electron chi connectivity index (χ0n) is 22.6. The van der Waals surface area contributed by atoms with Crippen molar-refractivity contribution in [2.24, 2.45) is 15.9 Å². The number of amidine groups is 1. The Labute approximate surface area is 226 Å². The van der Waals surface area contributed by atoms with Gasteiger partial charge in [0.1, 0.15) is 11.6 Å². The molecular formula is C28H32FN7O3. The Morgan fingerprint density at radius 1 is 1.15 bits per heavy atom. The molecule has 4 rings (SSSR count). The Morgan fingerprint density at radius 3 is 2.54 bits per heavy atom. The number of carbonyl (C=O) groups excluding carboxylic acids is 1. The summed E-state index contributed by atoms with van der Waals surface area (Å²) in [6.07, 6.45) is 5.43. The normalized spacial score (nSPS) is 14.5. The fraction of sp³-hybridized carbons (Fsp3) is 0.357. The van der Waals surface area contributed by atoms with Crippen molar-refractivity contribution in [3.8, 4) is 5.75 Å². The summed E-state index contributed by atoms with van der Waals surface area (Å²) in [5.74, 6) is 0.953. The van der Waals surface area contributed by atoms with Crippen molar-refractivity contribution in [1.29, 1.82) is 0 Å². The molecular weight excluding hydrogens is 501 g/mol. The maximum absolute atomic E-state index is 14.3. The number of halogens is 1. The minimum absolute atomic E-state index is 0.00248. The number of anilines is 4. The summed E-state index contributed by atoms with van der Waals surface area (Å²) in [5.41, 5.74) is 1.59. The van der Waals surface area contributed by atoms with Gasteiger partial charge in [-0.1, -0.05) is 0 Å². The first-order valence-electron chi connectivity index (χ1n) is 12.7. The van der Waals surface area contributed by atoms with E-state index in [4.69, 9.17) is 4.74 Å². The van der Waals surface area contributed by atoms with Gasteiger partial charge in [0.25, 0.3) is 0 Å². The quantitative estimate of drug-likeness (QED) is 0.137. The number of Topliss-reactive ketones (excluding diaryl/α,β-unsaturated/α-hetero) is 1. The third-order valence-electron chi connectivity index (χ3n) is 5.94. The van der Waals surface area contributed by atoms with E-state index in [1.54, 1.807) is 30.6 Å². The first-order chi connectivity index (χ1) is 18.7. The smallest absolute Gasteiger partial charge is 0.220 e. The Bertz CT molecular complexity index is 1420. The van der Waals surface area contributed by atoms with Gasteiger partial charge in [0.15, 0.2) is 23.2 Å². The molecule has 0 aliphatic heterocycles. The number of pyridine rings is 3. The lowest BCUT2D eigenvalue weighted by atomic mass is 10.1. The van der Waals surface area contributed by atoms with Crippen molar-refractivity contribution in [3.05, 3.63) is 59.3 Å². The number of aliphatic hydroxyl groups is 1. The molecule has 0 bridgehead atoms. The number of nitrogens with one attached hydrogen (secondary N) is 2. The minimum atomic E-state index is -0.986. The number of carbonyl (C=O) groups is 1. The van der Waals surface area contributed by atoms with E-state index in [9.17, 15) is 14.3 Å². The topological polar surface area (TPSA) is 134 Å². The Hall–Kier alpha value is -4.25. The second-order valence-corrected chi connectivity index (χ2v) is 9.43. The number of hydrogen-bond donors (Lipinski definition) is 3. The van der Waals surface area contributed by atoms with E-state index < -0.39 is 12.1 Å². The molecule has 1 aliphatic carbocycles. The number of rotatable bonds is 10. The van der Waals surface area contributed by atoms with Crippen molar-refractivity contribution in [2.75, 3.05) is 17.7 Å². The molecule has 3 aromatic rings. The lowest BCUT2D eigenvalue weighted by molar-refractivity contribution is 0.0968. The van der Waals surface area contributed by atoms with Crippen molar-refractivity contribution >= 4 is 41.0 Å². The van der Waals surface area contributed by atoms with Gasteiger partial charge in [0.2, 0.25) is 5.95 Å². The van der Waals surface area contributed by atoms with Gasteiger partial charge < -0.3 is 20.5 Å². The number of ketones is 1. The number of ether oxygens (including phenoxy) is 1. The molecule has 10 nitrogen and oxygen atoms in total. The summed E-state index contributed by atoms with van der Waals surface area (Å²) < 4.78 is 20.0. The van der Waals surface area contributed by atoms with Gasteiger partial charge in [-0.25, -0.2) is 19.9 Å². The van der Waals surface area contributed by atoms with Gasteiger partial charge in [-0.2, -0.15) is 4.39 Å². The number of aliphatic imine (C=N–C) groups is 2. The molecule has 0 aromatic carbocycles. The number of nitrogens with zero attached hydrogens (tertiary/aromatic N) is 5. The van der Waals surface area contributed by atoms with E-state index in [0.717, 1.165) is 12.8 Å². The molecule has 3 heterocycles. The zero-order chi connectivity index (χ0) is 28.1. The van der Waals surface area contributed by atoms with E-state index >= 15 is 0 Å². The first-order valence-corrected chi connectivity index (χ1v) is 12.7. The Balaban J connectivity index is 1.73. The number of methoxy groups -OCH3 is 1. The van der Waals surface area contributed by atoms with Gasteiger partial charge in [0.05, 0.1) is 30.0 Å². The molecule has 1 unspecified atom stereocenters. The molecule has 3 aromatic heterocycles. The summed E-state index contributed by atoms with van der Waals surface area (Å²) in [7, 11) is 1.53. The number of aromatic nitrogens is 3. The third kappa shape index (κ3) is 6.61. The van der Waals surface area contributed by atoms with E-state index in [0.29, 0.717) is 40.0 Å². The van der Waals surface area contributed by atoms with Crippen LogP contribution in [0.3, 0.4) is 0 Å². The standard InChI is InChI=1S/C28H32FN7O3/c1-6-30-27(33-15(2)3)19-11-12-31-28(25(19)39-5)34-21-13-23(32-14-20(21)24(38)17-7-8-17)35-22-10-9-18(16(4)37)26(29)36-22/h6,9-17,37H,7-8H2,1-5H3,(H2,31,32,34,35,36). The van der Waals surface area contributed by atoms with Crippen LogP contribution < -0.4 is 15.4 Å². The molecule has 1 saturated carbocycles. The lowest BCUT2D eigenvalue weighted by Crippen LogP contribution is -2.11. The molecule has 0 saturated heterocycles. The Morgan fingerprint density at radius 2 is 1.92 bits per heavy atom. The average Bonchev–Trinajstić information content (AvgIpc) is 3.73. The van der Waals surface area contributed by atoms with Crippen LogP contribution in [-0.4, -0.2) is 51.0 Å². The molecule has 0 radical (unpaired) electrons. The van der Waals surface area contributed by atoms with E-state index in [-0.39, 0.29) is 29.1 Å². The van der Waals surface area contributed by atoms with Gasteiger partial charge in [0, 0.05) is 42.2 Å². The molecule has 1 atom stereocenters. The predicted molar refractivity (Wildman–Crippen MR) is 149 cm³/mol. The monoisotopic (exact) mass is 533 g/mol. The van der Waals surface area contributed by atoms with E-state index in [1.807, 2.05) is 20.8 Å². The molecule has 204 valence electrons. The lowest BCUT2D eigenvalue weighted by Gasteiger charge is -2.17. The van der Waals surface area contributed by atoms with Gasteiger partial charge in [-0.05, 0) is 58.7 Å². The first kappa shape index (κ1) is 27.8. The van der Waals surface area contributed by atoms with Crippen LogP contribution in [0.1, 0.15) is 68.1 Å². The summed E-state index contributed by atoms with van der Waals surface area (Å²) in [5, 5.41) is 15.9. The van der Waals surface area contributed by atoms with Crippen LogP contribution in [0.2, 0.25) is 0 Å². The average molecular weight is 534 g/mol. The van der Waals surface area contributed by atoms with E-state index in [2.05, 4.69) is 35.6 Å². The number of hydrogen-bond acceptors (Lipinski definition) is 9. The fourth-order valence-electron chi connectivity index (χ4n) is 3.93. The Kier molecular flexibility index (Phi) is 8.60. The minimum Gasteiger partial charge on any atom is -0.492 e. The SMILES string of the molecule is CC=NC(=NC(C)C)c1ccnc(Nc2cc(Nc3ccc(C(C)O)c(F)n3)ncc2C(=O)C2CC2)c1OC. The van der Waals surface area contributed by atoms with Crippen LogP contribution >= 0.6 is 0 Å². The summed E-state index contributed by atoms with van der Waals surface area (Å²) >= 11 is 0. The third-order valence-corrected chi connectivity index (χ3v) is 5.94. The van der Waals surface area contributed by atoms with E-state index in [1.165, 1.54) is 26.3 Å². The van der Waals surface area contributed by atoms with Crippen LogP contribution in [0.4, 0.5) is 27.5 Å². The fourth-order valence-corrected chi connectivity index (χ4v) is 3.93. The van der Waals surface area contributed by atoms with Gasteiger partial charge in [-0.3, -0.25) is 9.79 Å². The molecule has 3 N–H and O–H groups in total. The largest absolute Gasteiger partial charge is 0.492 e. The second kappa shape index (κ2) is 12.1. The second-order valence-electron chi connectivity index (χ2n) is 9.43. The van der Waals surface area contributed by atoms with Crippen molar-refractivity contribution in [3.63, 3.8) is 0 Å². The zero-order valence-corrected chi connectivity index (χ0v) is 22.6. The van der Waals surface area contributed by atoms with Gasteiger partial charge >= 0.3 is 0 Å². The van der Waals surface area contributed by atoms with Crippen molar-refractivity contribution < 1.29 is 19.0 Å². The number of aliphatic hydroxyl groups excluding tert-OH is 1. The molecule has 11 heteroatoms. The van der Waals surface area contributed by atoms with Crippen LogP contribution in [-0.2, 0) is 0 Å². The summed E-state index contributed by atoms with van der Waals surface area (Å²) in [4.78, 5) is 34.8. The highest BCUT2D eigenvalue weighted by Crippen LogP contribution is 2.37. The maximum Gasteiger partial charge on any atom is 0.220 e. The highest BCUT2D eigenvalue weighted by Gasteiger charge is 2.32. The molecule has 1 fully saturated rings. The molecule has 0 amide bonds.